The van der Waals surface area contributed by atoms with Gasteiger partial charge in [0.1, 0.15) is 5.69 Å². The van der Waals surface area contributed by atoms with Crippen LogP contribution < -0.4 is 10.6 Å². The summed E-state index contributed by atoms with van der Waals surface area (Å²) in [6.07, 6.45) is 3.54. The highest BCUT2D eigenvalue weighted by atomic mass is 35.5. The maximum atomic E-state index is 13.1. The number of H-pyrrole nitrogens is 1. The Bertz CT molecular complexity index is 1200. The molecule has 33 heavy (non-hydrogen) atoms. The molecule has 9 heteroatoms. The van der Waals surface area contributed by atoms with Gasteiger partial charge in [-0.1, -0.05) is 18.5 Å². The Balaban J connectivity index is 1.29. The van der Waals surface area contributed by atoms with Gasteiger partial charge in [-0.25, -0.2) is 4.98 Å². The summed E-state index contributed by atoms with van der Waals surface area (Å²) in [7, 11) is 2.08. The molecule has 0 bridgehead atoms. The van der Waals surface area contributed by atoms with Crippen molar-refractivity contribution in [2.45, 2.75) is 51.2 Å². The van der Waals surface area contributed by atoms with Crippen LogP contribution in [0.5, 0.6) is 0 Å². The second kappa shape index (κ2) is 9.08. The van der Waals surface area contributed by atoms with Crippen LogP contribution in [0.15, 0.2) is 24.3 Å². The highest BCUT2D eigenvalue weighted by Gasteiger charge is 2.32. The summed E-state index contributed by atoms with van der Waals surface area (Å²) < 4.78 is 0. The number of carbonyl (C=O) groups excluding carboxylic acids is 2. The fraction of sp³-hybridized carbons (Fsp3) is 0.458. The van der Waals surface area contributed by atoms with E-state index in [-0.39, 0.29) is 23.9 Å². The second-order valence-electron chi connectivity index (χ2n) is 9.37. The molecular formula is C24H28ClN5O2S. The molecule has 2 aromatic heterocycles. The molecule has 3 N–H and O–H groups in total. The fourth-order valence-corrected chi connectivity index (χ4v) is 6.11. The molecule has 0 unspecified atom stereocenters. The number of hydrogen-bond acceptors (Lipinski definition) is 5. The highest BCUT2D eigenvalue weighted by Crippen LogP contribution is 2.28. The van der Waals surface area contributed by atoms with E-state index >= 15 is 0 Å². The normalized spacial score (nSPS) is 23.3. The molecule has 0 saturated heterocycles. The summed E-state index contributed by atoms with van der Waals surface area (Å²) in [5, 5.41) is 8.38. The van der Waals surface area contributed by atoms with Crippen molar-refractivity contribution < 1.29 is 9.59 Å². The van der Waals surface area contributed by atoms with Crippen molar-refractivity contribution in [1.29, 1.82) is 0 Å². The van der Waals surface area contributed by atoms with Crippen LogP contribution in [0.4, 0.5) is 0 Å². The Morgan fingerprint density at radius 1 is 1.18 bits per heavy atom. The average Bonchev–Trinajstić information content (AvgIpc) is 3.39. The number of nitrogens with one attached hydrogen (secondary N) is 3. The molecular weight excluding hydrogens is 458 g/mol. The van der Waals surface area contributed by atoms with Crippen LogP contribution in [0.25, 0.3) is 10.9 Å². The lowest BCUT2D eigenvalue weighted by atomic mass is 9.83. The molecule has 2 aliphatic rings. The average molecular weight is 486 g/mol. The van der Waals surface area contributed by atoms with Gasteiger partial charge in [-0.15, -0.1) is 11.3 Å². The van der Waals surface area contributed by atoms with Crippen molar-refractivity contribution >= 4 is 45.7 Å². The lowest BCUT2D eigenvalue weighted by molar-refractivity contribution is 0.0845. The fourth-order valence-electron chi connectivity index (χ4n) is 4.84. The minimum atomic E-state index is -0.172. The second-order valence-corrected chi connectivity index (χ2v) is 10.9. The number of nitrogens with zero attached hydrogens (tertiary/aromatic N) is 2. The molecule has 2 amide bonds. The number of aromatic nitrogens is 2. The molecule has 1 aliphatic carbocycles. The minimum Gasteiger partial charge on any atom is -0.351 e. The summed E-state index contributed by atoms with van der Waals surface area (Å²) in [5.74, 6) is 0.168. The monoisotopic (exact) mass is 485 g/mol. The molecule has 1 saturated carbocycles. The first-order valence-corrected chi connectivity index (χ1v) is 12.6. The standard InChI is InChI=1S/C24H28ClN5O2S/c1-13-3-5-17(27-22(31)20-11-14-10-15(25)4-6-16(14)26-20)19(9-13)28-23(32)24-29-18-7-8-30(2)12-21(18)33-24/h4,6,10-11,13,17,19,26H,3,5,7-9,12H2,1-2H3,(H,27,31)(H,28,32)/t13-,17+,19-/m1/s1. The first-order valence-electron chi connectivity index (χ1n) is 11.4. The van der Waals surface area contributed by atoms with Crippen LogP contribution in [0, 0.1) is 5.92 Å². The van der Waals surface area contributed by atoms with Gasteiger partial charge in [0.2, 0.25) is 0 Å². The van der Waals surface area contributed by atoms with Gasteiger partial charge in [-0.3, -0.25) is 9.59 Å². The van der Waals surface area contributed by atoms with Crippen LogP contribution in [-0.2, 0) is 13.0 Å². The van der Waals surface area contributed by atoms with E-state index in [1.807, 2.05) is 18.2 Å². The summed E-state index contributed by atoms with van der Waals surface area (Å²) >= 11 is 7.56. The molecule has 174 valence electrons. The predicted octanol–water partition coefficient (Wildman–Crippen LogP) is 3.98. The van der Waals surface area contributed by atoms with E-state index < -0.39 is 0 Å². The summed E-state index contributed by atoms with van der Waals surface area (Å²) in [4.78, 5) is 37.3. The lowest BCUT2D eigenvalue weighted by Gasteiger charge is -2.35. The van der Waals surface area contributed by atoms with Gasteiger partial charge in [-0.2, -0.15) is 0 Å². The smallest absolute Gasteiger partial charge is 0.280 e. The highest BCUT2D eigenvalue weighted by molar-refractivity contribution is 7.13. The first kappa shape index (κ1) is 22.4. The number of rotatable bonds is 4. The minimum absolute atomic E-state index is 0.131. The number of hydrogen-bond donors (Lipinski definition) is 3. The molecule has 5 rings (SSSR count). The number of aromatic amines is 1. The zero-order valence-corrected chi connectivity index (χ0v) is 20.4. The van der Waals surface area contributed by atoms with Crippen molar-refractivity contribution in [3.8, 4) is 0 Å². The molecule has 3 heterocycles. The van der Waals surface area contributed by atoms with Crippen molar-refractivity contribution in [3.63, 3.8) is 0 Å². The van der Waals surface area contributed by atoms with Gasteiger partial charge in [0.05, 0.1) is 5.69 Å². The molecule has 1 aromatic carbocycles. The van der Waals surface area contributed by atoms with Crippen LogP contribution in [0.2, 0.25) is 5.02 Å². The van der Waals surface area contributed by atoms with Gasteiger partial charge >= 0.3 is 0 Å². The zero-order valence-electron chi connectivity index (χ0n) is 18.8. The zero-order chi connectivity index (χ0) is 23.1. The first-order chi connectivity index (χ1) is 15.9. The Kier molecular flexibility index (Phi) is 6.16. The van der Waals surface area contributed by atoms with E-state index in [9.17, 15) is 9.59 Å². The Morgan fingerprint density at radius 2 is 2.00 bits per heavy atom. The van der Waals surface area contributed by atoms with Crippen molar-refractivity contribution in [3.05, 3.63) is 50.6 Å². The van der Waals surface area contributed by atoms with E-state index in [1.165, 1.54) is 16.2 Å². The van der Waals surface area contributed by atoms with Gasteiger partial charge in [0.15, 0.2) is 5.01 Å². The number of halogens is 1. The Hall–Kier alpha value is -2.42. The van der Waals surface area contributed by atoms with Gasteiger partial charge in [-0.05, 0) is 56.5 Å². The van der Waals surface area contributed by atoms with Gasteiger partial charge in [0.25, 0.3) is 11.8 Å². The largest absolute Gasteiger partial charge is 0.351 e. The molecule has 0 spiro atoms. The SMILES string of the molecule is C[C@@H]1CC[C@H](NC(=O)c2cc3cc(Cl)ccc3[nH]2)[C@H](NC(=O)c2nc3c(s2)CN(C)CC3)C1. The maximum absolute atomic E-state index is 13.1. The van der Waals surface area contributed by atoms with Crippen LogP contribution in [-0.4, -0.2) is 52.4 Å². The Labute approximate surface area is 201 Å². The van der Waals surface area contributed by atoms with Gasteiger partial charge < -0.3 is 20.5 Å². The van der Waals surface area contributed by atoms with E-state index in [4.69, 9.17) is 11.6 Å². The third-order valence-electron chi connectivity index (χ3n) is 6.69. The summed E-state index contributed by atoms with van der Waals surface area (Å²) in [6.45, 7) is 4.00. The molecule has 3 atom stereocenters. The van der Waals surface area contributed by atoms with Gasteiger partial charge in [0, 0.05) is 52.4 Å². The van der Waals surface area contributed by atoms with Crippen LogP contribution in [0.1, 0.15) is 57.0 Å². The Morgan fingerprint density at radius 3 is 2.85 bits per heavy atom. The lowest BCUT2D eigenvalue weighted by Crippen LogP contribution is -2.54. The number of likely N-dealkylation sites (N-methyl/N-ethyl adjacent to an activating group) is 1. The van der Waals surface area contributed by atoms with Crippen molar-refractivity contribution in [2.24, 2.45) is 5.92 Å². The van der Waals surface area contributed by atoms with E-state index in [0.717, 1.165) is 55.4 Å². The molecule has 7 nitrogen and oxygen atoms in total. The van der Waals surface area contributed by atoms with Crippen LogP contribution in [0.3, 0.4) is 0 Å². The predicted molar refractivity (Wildman–Crippen MR) is 131 cm³/mol. The quantitative estimate of drug-likeness (QED) is 0.521. The molecule has 0 radical (unpaired) electrons. The van der Waals surface area contributed by atoms with Crippen molar-refractivity contribution in [2.75, 3.05) is 13.6 Å². The third-order valence-corrected chi connectivity index (χ3v) is 8.01. The summed E-state index contributed by atoms with van der Waals surface area (Å²) in [6, 6.07) is 7.05. The van der Waals surface area contributed by atoms with E-state index in [0.29, 0.717) is 21.6 Å². The van der Waals surface area contributed by atoms with E-state index in [2.05, 4.69) is 39.5 Å². The van der Waals surface area contributed by atoms with Crippen molar-refractivity contribution in [1.82, 2.24) is 25.5 Å². The molecule has 3 aromatic rings. The number of amides is 2. The maximum Gasteiger partial charge on any atom is 0.280 e. The molecule has 1 aliphatic heterocycles. The number of fused-ring (bicyclic) bond motifs is 2. The van der Waals surface area contributed by atoms with Crippen LogP contribution >= 0.6 is 22.9 Å². The summed E-state index contributed by atoms with van der Waals surface area (Å²) in [5.41, 5.74) is 2.40. The third kappa shape index (κ3) is 4.78. The number of benzene rings is 1. The van der Waals surface area contributed by atoms with E-state index in [1.54, 1.807) is 6.07 Å². The number of thiazole rings is 1. The molecule has 1 fully saturated rings. The topological polar surface area (TPSA) is 90.1 Å². The number of carbonyl (C=O) groups is 2.